The lowest BCUT2D eigenvalue weighted by atomic mass is 9.95. The molecule has 0 bridgehead atoms. The SMILES string of the molecule is CNC(=O)c1c(NC(=O)CCn2cc(C=O)c(C(F)(F)F)n2)sc2c1CCCC2. The molecule has 0 radical (unpaired) electrons. The summed E-state index contributed by atoms with van der Waals surface area (Å²) < 4.78 is 39.5. The van der Waals surface area contributed by atoms with Crippen LogP contribution in [0.4, 0.5) is 18.2 Å². The van der Waals surface area contributed by atoms with Gasteiger partial charge in [-0.15, -0.1) is 11.3 Å². The number of rotatable bonds is 6. The number of hydrogen-bond acceptors (Lipinski definition) is 5. The highest BCUT2D eigenvalue weighted by molar-refractivity contribution is 7.17. The molecule has 0 saturated carbocycles. The summed E-state index contributed by atoms with van der Waals surface area (Å²) in [5.74, 6) is -0.734. The van der Waals surface area contributed by atoms with Crippen molar-refractivity contribution in [2.24, 2.45) is 0 Å². The van der Waals surface area contributed by atoms with Gasteiger partial charge >= 0.3 is 6.18 Å². The van der Waals surface area contributed by atoms with E-state index in [1.807, 2.05) is 0 Å². The average Bonchev–Trinajstić information content (AvgIpc) is 3.26. The van der Waals surface area contributed by atoms with Gasteiger partial charge in [0.05, 0.1) is 11.1 Å². The smallest absolute Gasteiger partial charge is 0.355 e. The molecule has 2 aromatic rings. The number of nitrogens with one attached hydrogen (secondary N) is 2. The average molecular weight is 428 g/mol. The fraction of sp³-hybridized carbons (Fsp3) is 0.444. The number of aldehydes is 1. The molecule has 0 atom stereocenters. The van der Waals surface area contributed by atoms with Gasteiger partial charge in [-0.05, 0) is 31.2 Å². The van der Waals surface area contributed by atoms with Gasteiger partial charge in [-0.2, -0.15) is 18.3 Å². The number of anilines is 1. The first-order chi connectivity index (χ1) is 13.7. The van der Waals surface area contributed by atoms with Crippen molar-refractivity contribution >= 4 is 34.4 Å². The minimum atomic E-state index is -4.75. The zero-order valence-electron chi connectivity index (χ0n) is 15.6. The lowest BCUT2D eigenvalue weighted by Crippen LogP contribution is -2.22. The fourth-order valence-corrected chi connectivity index (χ4v) is 4.59. The van der Waals surface area contributed by atoms with Crippen LogP contribution in [0.2, 0.25) is 0 Å². The molecular weight excluding hydrogens is 409 g/mol. The number of halogens is 3. The molecule has 2 heterocycles. The highest BCUT2D eigenvalue weighted by atomic mass is 32.1. The van der Waals surface area contributed by atoms with Gasteiger partial charge in [-0.25, -0.2) is 0 Å². The zero-order valence-corrected chi connectivity index (χ0v) is 16.4. The summed E-state index contributed by atoms with van der Waals surface area (Å²) in [5, 5.41) is 9.10. The molecule has 7 nitrogen and oxygen atoms in total. The van der Waals surface area contributed by atoms with Crippen molar-refractivity contribution in [3.05, 3.63) is 33.5 Å². The summed E-state index contributed by atoms with van der Waals surface area (Å²) in [7, 11) is 1.52. The number of aromatic nitrogens is 2. The van der Waals surface area contributed by atoms with Crippen molar-refractivity contribution in [2.75, 3.05) is 12.4 Å². The maximum atomic E-state index is 12.9. The second-order valence-electron chi connectivity index (χ2n) is 6.60. The Balaban J connectivity index is 1.72. The van der Waals surface area contributed by atoms with Gasteiger partial charge in [0, 0.05) is 31.1 Å². The van der Waals surface area contributed by atoms with Crippen molar-refractivity contribution in [3.63, 3.8) is 0 Å². The maximum absolute atomic E-state index is 12.9. The lowest BCUT2D eigenvalue weighted by molar-refractivity contribution is -0.141. The van der Waals surface area contributed by atoms with E-state index < -0.39 is 23.3 Å². The van der Waals surface area contributed by atoms with Crippen molar-refractivity contribution in [1.82, 2.24) is 15.1 Å². The van der Waals surface area contributed by atoms with E-state index in [1.165, 1.54) is 18.4 Å². The van der Waals surface area contributed by atoms with Crippen molar-refractivity contribution in [2.45, 2.75) is 44.8 Å². The summed E-state index contributed by atoms with van der Waals surface area (Å²) in [6.07, 6.45) is -0.250. The third-order valence-corrected chi connectivity index (χ3v) is 5.84. The molecule has 2 amide bonds. The van der Waals surface area contributed by atoms with E-state index in [0.717, 1.165) is 47.0 Å². The quantitative estimate of drug-likeness (QED) is 0.692. The third kappa shape index (κ3) is 4.50. The minimum absolute atomic E-state index is 0.0815. The summed E-state index contributed by atoms with van der Waals surface area (Å²) in [4.78, 5) is 36.5. The molecule has 11 heteroatoms. The maximum Gasteiger partial charge on any atom is 0.435 e. The van der Waals surface area contributed by atoms with E-state index in [0.29, 0.717) is 10.6 Å². The highest BCUT2D eigenvalue weighted by Gasteiger charge is 2.37. The molecule has 2 aromatic heterocycles. The largest absolute Gasteiger partial charge is 0.435 e. The molecule has 1 aliphatic rings. The molecule has 0 unspecified atom stereocenters. The van der Waals surface area contributed by atoms with E-state index in [2.05, 4.69) is 15.7 Å². The van der Waals surface area contributed by atoms with Crippen LogP contribution >= 0.6 is 11.3 Å². The Labute approximate surface area is 168 Å². The Hall–Kier alpha value is -2.69. The van der Waals surface area contributed by atoms with Crippen LogP contribution in [0.5, 0.6) is 0 Å². The van der Waals surface area contributed by atoms with Crippen molar-refractivity contribution in [3.8, 4) is 0 Å². The molecule has 0 saturated heterocycles. The van der Waals surface area contributed by atoms with E-state index >= 15 is 0 Å². The Morgan fingerprint density at radius 1 is 1.31 bits per heavy atom. The zero-order chi connectivity index (χ0) is 21.2. The number of carbonyl (C=O) groups excluding carboxylic acids is 3. The number of alkyl halides is 3. The molecular formula is C18H19F3N4O3S. The predicted molar refractivity (Wildman–Crippen MR) is 100 cm³/mol. The van der Waals surface area contributed by atoms with Crippen LogP contribution in [0.15, 0.2) is 6.20 Å². The molecule has 3 rings (SSSR count). The molecule has 156 valence electrons. The van der Waals surface area contributed by atoms with E-state index in [-0.39, 0.29) is 25.2 Å². The van der Waals surface area contributed by atoms with Crippen molar-refractivity contribution < 1.29 is 27.6 Å². The molecule has 0 aliphatic heterocycles. The van der Waals surface area contributed by atoms with Gasteiger partial charge in [0.25, 0.3) is 5.91 Å². The lowest BCUT2D eigenvalue weighted by Gasteiger charge is -2.12. The highest BCUT2D eigenvalue weighted by Crippen LogP contribution is 2.38. The van der Waals surface area contributed by atoms with Crippen LogP contribution in [0.3, 0.4) is 0 Å². The topological polar surface area (TPSA) is 93.1 Å². The number of amides is 2. The number of aryl methyl sites for hydroxylation is 2. The summed E-state index contributed by atoms with van der Waals surface area (Å²) >= 11 is 1.36. The van der Waals surface area contributed by atoms with Gasteiger partial charge < -0.3 is 10.6 Å². The molecule has 0 spiro atoms. The Morgan fingerprint density at radius 3 is 2.66 bits per heavy atom. The normalized spacial score (nSPS) is 13.7. The van der Waals surface area contributed by atoms with Gasteiger partial charge in [0.1, 0.15) is 5.00 Å². The number of fused-ring (bicyclic) bond motifs is 1. The second kappa shape index (κ2) is 8.36. The van der Waals surface area contributed by atoms with E-state index in [4.69, 9.17) is 0 Å². The van der Waals surface area contributed by atoms with E-state index in [9.17, 15) is 27.6 Å². The Morgan fingerprint density at radius 2 is 2.03 bits per heavy atom. The van der Waals surface area contributed by atoms with Crippen LogP contribution in [-0.2, 0) is 30.4 Å². The molecule has 1 aliphatic carbocycles. The number of hydrogen-bond donors (Lipinski definition) is 2. The monoisotopic (exact) mass is 428 g/mol. The third-order valence-electron chi connectivity index (χ3n) is 4.63. The van der Waals surface area contributed by atoms with E-state index in [1.54, 1.807) is 0 Å². The van der Waals surface area contributed by atoms with Crippen LogP contribution in [-0.4, -0.2) is 34.9 Å². The minimum Gasteiger partial charge on any atom is -0.355 e. The van der Waals surface area contributed by atoms with Crippen LogP contribution in [0.1, 0.15) is 56.1 Å². The number of thiophene rings is 1. The second-order valence-corrected chi connectivity index (χ2v) is 7.71. The number of nitrogens with zero attached hydrogens (tertiary/aromatic N) is 2. The Bertz CT molecular complexity index is 949. The standard InChI is InChI=1S/C18H19F3N4O3S/c1-22-16(28)14-11-4-2-3-5-12(11)29-17(14)23-13(27)6-7-25-8-10(9-26)15(24-25)18(19,20)21/h8-9H,2-7H2,1H3,(H,22,28)(H,23,27). The van der Waals surface area contributed by atoms with Gasteiger partial charge in [0.2, 0.25) is 5.91 Å². The summed E-state index contributed by atoms with van der Waals surface area (Å²) in [6.45, 7) is -0.136. The van der Waals surface area contributed by atoms with Gasteiger partial charge in [-0.1, -0.05) is 0 Å². The first-order valence-corrected chi connectivity index (χ1v) is 9.82. The first-order valence-electron chi connectivity index (χ1n) is 9.01. The number of carbonyl (C=O) groups is 3. The fourth-order valence-electron chi connectivity index (χ4n) is 3.28. The first kappa shape index (κ1) is 21.0. The summed E-state index contributed by atoms with van der Waals surface area (Å²) in [5.41, 5.74) is -0.442. The molecule has 0 aromatic carbocycles. The van der Waals surface area contributed by atoms with Gasteiger partial charge in [-0.3, -0.25) is 19.1 Å². The van der Waals surface area contributed by atoms with Crippen LogP contribution < -0.4 is 10.6 Å². The molecule has 29 heavy (non-hydrogen) atoms. The van der Waals surface area contributed by atoms with Crippen LogP contribution in [0, 0.1) is 0 Å². The summed E-state index contributed by atoms with van der Waals surface area (Å²) in [6, 6.07) is 0. The molecule has 0 fully saturated rings. The van der Waals surface area contributed by atoms with Crippen molar-refractivity contribution in [1.29, 1.82) is 0 Å². The molecule has 2 N–H and O–H groups in total. The Kier molecular flexibility index (Phi) is 6.06. The van der Waals surface area contributed by atoms with Crippen LogP contribution in [0.25, 0.3) is 0 Å². The predicted octanol–water partition coefficient (Wildman–Crippen LogP) is 3.04. The van der Waals surface area contributed by atoms with Gasteiger partial charge in [0.15, 0.2) is 12.0 Å².